The number of carbonyl (C=O) groups is 6. The van der Waals surface area contributed by atoms with Gasteiger partial charge in [-0.15, -0.1) is 0 Å². The fraction of sp³-hybridized carbons (Fsp3) is 0.714. The summed E-state index contributed by atoms with van der Waals surface area (Å²) in [5, 5.41) is 0. The number of hydrogen-bond donors (Lipinski definition) is 3. The molecule has 0 aromatic carbocycles. The van der Waals surface area contributed by atoms with Crippen LogP contribution >= 0.6 is 0 Å². The standard InChI is InChI=1S/C21H33N5O8/c1-20(7-3-9-25(20)14(27)11-22)18(31)33-16(29)6-5-13(24)17(30)34-19(32)21(2)8-4-10-26(21)15(28)12-23/h13H,3-12,22-24H2,1-2H3. The Balaban J connectivity index is 1.87. The summed E-state index contributed by atoms with van der Waals surface area (Å²) >= 11 is 0. The van der Waals surface area contributed by atoms with Crippen molar-refractivity contribution in [3.05, 3.63) is 0 Å². The monoisotopic (exact) mass is 483 g/mol. The molecule has 2 heterocycles. The molecule has 2 rings (SSSR count). The fourth-order valence-electron chi connectivity index (χ4n) is 4.30. The lowest BCUT2D eigenvalue weighted by molar-refractivity contribution is -0.170. The maximum absolute atomic E-state index is 12.6. The van der Waals surface area contributed by atoms with Crippen LogP contribution in [0.25, 0.3) is 0 Å². The SMILES string of the molecule is CC1(C(=O)OC(=O)CCC(N)C(=O)OC(=O)C2(C)CCCN2C(=O)CN)CCCN1C(=O)CN. The topological polar surface area (TPSA) is 205 Å². The van der Waals surface area contributed by atoms with E-state index in [1.807, 2.05) is 0 Å². The van der Waals surface area contributed by atoms with E-state index in [2.05, 4.69) is 0 Å². The van der Waals surface area contributed by atoms with Crippen molar-refractivity contribution >= 4 is 35.7 Å². The zero-order valence-electron chi connectivity index (χ0n) is 19.5. The lowest BCUT2D eigenvalue weighted by Crippen LogP contribution is -2.54. The number of likely N-dealkylation sites (tertiary alicyclic amines) is 2. The van der Waals surface area contributed by atoms with Gasteiger partial charge in [0.1, 0.15) is 17.1 Å². The molecule has 0 aromatic heterocycles. The van der Waals surface area contributed by atoms with Crippen LogP contribution in [0.15, 0.2) is 0 Å². The zero-order valence-corrected chi connectivity index (χ0v) is 19.5. The van der Waals surface area contributed by atoms with Crippen molar-refractivity contribution in [3.8, 4) is 0 Å². The number of carbonyl (C=O) groups excluding carboxylic acids is 6. The summed E-state index contributed by atoms with van der Waals surface area (Å²) in [5.41, 5.74) is 13.9. The summed E-state index contributed by atoms with van der Waals surface area (Å²) < 4.78 is 9.76. The van der Waals surface area contributed by atoms with Crippen LogP contribution in [0.3, 0.4) is 0 Å². The average Bonchev–Trinajstić information content (AvgIpc) is 3.40. The van der Waals surface area contributed by atoms with Gasteiger partial charge in [-0.2, -0.15) is 0 Å². The van der Waals surface area contributed by atoms with E-state index in [1.165, 1.54) is 23.6 Å². The highest BCUT2D eigenvalue weighted by atomic mass is 16.6. The second kappa shape index (κ2) is 11.0. The summed E-state index contributed by atoms with van der Waals surface area (Å²) in [6, 6.07) is -1.34. The van der Waals surface area contributed by atoms with Crippen molar-refractivity contribution in [2.45, 2.75) is 69.5 Å². The van der Waals surface area contributed by atoms with Crippen LogP contribution in [0.1, 0.15) is 52.4 Å². The Bertz CT molecular complexity index is 864. The highest BCUT2D eigenvalue weighted by Crippen LogP contribution is 2.31. The normalized spacial score (nSPS) is 25.1. The summed E-state index contributed by atoms with van der Waals surface area (Å²) in [4.78, 5) is 76.1. The quantitative estimate of drug-likeness (QED) is 0.252. The number of rotatable bonds is 8. The maximum Gasteiger partial charge on any atom is 0.339 e. The van der Waals surface area contributed by atoms with Crippen molar-refractivity contribution in [1.82, 2.24) is 9.80 Å². The number of nitrogens with zero attached hydrogens (tertiary/aromatic N) is 2. The van der Waals surface area contributed by atoms with E-state index in [0.717, 1.165) is 0 Å². The van der Waals surface area contributed by atoms with E-state index in [4.69, 9.17) is 26.7 Å². The average molecular weight is 484 g/mol. The minimum atomic E-state index is -1.34. The minimum Gasteiger partial charge on any atom is -0.391 e. The summed E-state index contributed by atoms with van der Waals surface area (Å²) in [6.07, 6.45) is 1.08. The molecule has 13 heteroatoms. The highest BCUT2D eigenvalue weighted by molar-refractivity contribution is 5.97. The van der Waals surface area contributed by atoms with Crippen molar-refractivity contribution in [2.24, 2.45) is 17.2 Å². The molecule has 0 radical (unpaired) electrons. The predicted molar refractivity (Wildman–Crippen MR) is 116 cm³/mol. The molecule has 0 bridgehead atoms. The van der Waals surface area contributed by atoms with Gasteiger partial charge in [0.15, 0.2) is 0 Å². The van der Waals surface area contributed by atoms with Gasteiger partial charge in [-0.05, 0) is 46.0 Å². The maximum atomic E-state index is 12.6. The first-order valence-corrected chi connectivity index (χ1v) is 11.2. The molecule has 3 unspecified atom stereocenters. The molecular formula is C21H33N5O8. The Morgan fingerprint density at radius 1 is 0.824 bits per heavy atom. The first-order valence-electron chi connectivity index (χ1n) is 11.2. The second-order valence-corrected chi connectivity index (χ2v) is 8.87. The molecule has 2 aliphatic rings. The van der Waals surface area contributed by atoms with E-state index in [1.54, 1.807) is 0 Å². The Kier molecular flexibility index (Phi) is 8.86. The van der Waals surface area contributed by atoms with Gasteiger partial charge in [0, 0.05) is 19.5 Å². The first kappa shape index (κ1) is 27.3. The predicted octanol–water partition coefficient (Wildman–Crippen LogP) is -2.09. The zero-order chi connectivity index (χ0) is 25.7. The number of ether oxygens (including phenoxy) is 2. The van der Waals surface area contributed by atoms with Gasteiger partial charge in [0.05, 0.1) is 13.1 Å². The molecule has 2 aliphatic heterocycles. The molecule has 34 heavy (non-hydrogen) atoms. The van der Waals surface area contributed by atoms with Crippen molar-refractivity contribution in [2.75, 3.05) is 26.2 Å². The molecule has 2 amide bonds. The molecule has 0 saturated carbocycles. The van der Waals surface area contributed by atoms with Crippen LogP contribution in [0.5, 0.6) is 0 Å². The second-order valence-electron chi connectivity index (χ2n) is 8.87. The number of esters is 4. The first-order chi connectivity index (χ1) is 15.9. The highest BCUT2D eigenvalue weighted by Gasteiger charge is 2.48. The van der Waals surface area contributed by atoms with Gasteiger partial charge < -0.3 is 36.5 Å². The smallest absolute Gasteiger partial charge is 0.339 e. The molecule has 0 aliphatic carbocycles. The summed E-state index contributed by atoms with van der Waals surface area (Å²) in [6.45, 7) is 3.07. The molecule has 0 spiro atoms. The Morgan fingerprint density at radius 3 is 1.71 bits per heavy atom. The molecule has 13 nitrogen and oxygen atoms in total. The number of hydrogen-bond acceptors (Lipinski definition) is 11. The van der Waals surface area contributed by atoms with E-state index >= 15 is 0 Å². The van der Waals surface area contributed by atoms with Crippen LogP contribution in [-0.2, 0) is 38.2 Å². The third kappa shape index (κ3) is 5.59. The van der Waals surface area contributed by atoms with Gasteiger partial charge in [-0.3, -0.25) is 14.4 Å². The van der Waals surface area contributed by atoms with Crippen molar-refractivity contribution < 1.29 is 38.2 Å². The molecular weight excluding hydrogens is 450 g/mol. The third-order valence-corrected chi connectivity index (χ3v) is 6.47. The van der Waals surface area contributed by atoms with Gasteiger partial charge in [0.25, 0.3) is 0 Å². The van der Waals surface area contributed by atoms with Crippen molar-refractivity contribution in [1.29, 1.82) is 0 Å². The molecule has 0 aromatic rings. The molecule has 2 fully saturated rings. The van der Waals surface area contributed by atoms with Crippen molar-refractivity contribution in [3.63, 3.8) is 0 Å². The van der Waals surface area contributed by atoms with Gasteiger partial charge in [0.2, 0.25) is 11.8 Å². The third-order valence-electron chi connectivity index (χ3n) is 6.47. The van der Waals surface area contributed by atoms with E-state index < -0.39 is 59.2 Å². The lowest BCUT2D eigenvalue weighted by Gasteiger charge is -2.32. The van der Waals surface area contributed by atoms with Gasteiger partial charge in [-0.1, -0.05) is 0 Å². The Hall–Kier alpha value is -2.90. The van der Waals surface area contributed by atoms with Crippen LogP contribution < -0.4 is 17.2 Å². The summed E-state index contributed by atoms with van der Waals surface area (Å²) in [7, 11) is 0. The van der Waals surface area contributed by atoms with Crippen LogP contribution in [0, 0.1) is 0 Å². The fourth-order valence-corrected chi connectivity index (χ4v) is 4.30. The molecule has 2 saturated heterocycles. The molecule has 3 atom stereocenters. The van der Waals surface area contributed by atoms with Gasteiger partial charge in [-0.25, -0.2) is 14.4 Å². The summed E-state index contributed by atoms with van der Waals surface area (Å²) in [5.74, 6) is -4.69. The molecule has 190 valence electrons. The van der Waals surface area contributed by atoms with Gasteiger partial charge >= 0.3 is 23.9 Å². The molecule has 6 N–H and O–H groups in total. The largest absolute Gasteiger partial charge is 0.391 e. The van der Waals surface area contributed by atoms with Crippen LogP contribution in [0.4, 0.5) is 0 Å². The minimum absolute atomic E-state index is 0.247. The van der Waals surface area contributed by atoms with E-state index in [0.29, 0.717) is 38.8 Å². The van der Waals surface area contributed by atoms with Crippen LogP contribution in [0.2, 0.25) is 0 Å². The lowest BCUT2D eigenvalue weighted by atomic mass is 9.99. The van der Waals surface area contributed by atoms with Crippen LogP contribution in [-0.4, -0.2) is 88.8 Å². The Labute approximate surface area is 197 Å². The van der Waals surface area contributed by atoms with E-state index in [9.17, 15) is 28.8 Å². The Morgan fingerprint density at radius 2 is 1.26 bits per heavy atom. The number of amides is 2. The van der Waals surface area contributed by atoms with E-state index in [-0.39, 0.29) is 19.5 Å². The number of nitrogens with two attached hydrogens (primary N) is 3.